The van der Waals surface area contributed by atoms with Crippen molar-refractivity contribution in [3.63, 3.8) is 0 Å². The zero-order valence-electron chi connectivity index (χ0n) is 9.08. The molecule has 0 saturated carbocycles. The Morgan fingerprint density at radius 2 is 2.00 bits per heavy atom. The van der Waals surface area contributed by atoms with Crippen molar-refractivity contribution >= 4 is 0 Å². The molecule has 2 nitrogen and oxygen atoms in total. The summed E-state index contributed by atoms with van der Waals surface area (Å²) >= 11 is 0. The number of nitrogens with zero attached hydrogens (tertiary/aromatic N) is 1. The quantitative estimate of drug-likeness (QED) is 0.796. The van der Waals surface area contributed by atoms with Gasteiger partial charge in [0.15, 0.2) is 11.5 Å². The molecule has 2 aromatic rings. The molecular weight excluding hydrogens is 231 g/mol. The average Bonchev–Trinajstić information content (AvgIpc) is 2.78. The van der Waals surface area contributed by atoms with Crippen LogP contribution in [0.3, 0.4) is 0 Å². The first kappa shape index (κ1) is 11.7. The van der Waals surface area contributed by atoms with Crippen LogP contribution in [0.4, 0.5) is 13.2 Å². The Balaban J connectivity index is 2.37. The molecule has 1 aromatic heterocycles. The van der Waals surface area contributed by atoms with Crippen LogP contribution in [0.15, 0.2) is 34.9 Å². The van der Waals surface area contributed by atoms with Gasteiger partial charge in [-0.3, -0.25) is 0 Å². The molecule has 1 aromatic carbocycles. The lowest BCUT2D eigenvalue weighted by atomic mass is 10.1. The molecule has 0 aliphatic heterocycles. The van der Waals surface area contributed by atoms with Crippen LogP contribution in [0, 0.1) is 0 Å². The summed E-state index contributed by atoms with van der Waals surface area (Å²) in [4.78, 5) is 0. The van der Waals surface area contributed by atoms with Crippen molar-refractivity contribution in [1.82, 2.24) is 5.16 Å². The third kappa shape index (κ3) is 2.49. The van der Waals surface area contributed by atoms with E-state index in [9.17, 15) is 13.2 Å². The van der Waals surface area contributed by atoms with Gasteiger partial charge < -0.3 is 4.52 Å². The first-order valence-electron chi connectivity index (χ1n) is 5.14. The molecule has 0 bridgehead atoms. The number of alkyl halides is 3. The van der Waals surface area contributed by atoms with Gasteiger partial charge in [0.25, 0.3) is 0 Å². The SMILES string of the molecule is CCc1cccc(-c2cc(C(F)(F)F)no2)c1. The Kier molecular flexibility index (Phi) is 2.92. The summed E-state index contributed by atoms with van der Waals surface area (Å²) in [6.07, 6.45) is -3.65. The number of aryl methyl sites for hydroxylation is 1. The van der Waals surface area contributed by atoms with Crippen molar-refractivity contribution in [3.05, 3.63) is 41.6 Å². The van der Waals surface area contributed by atoms with E-state index < -0.39 is 11.9 Å². The minimum atomic E-state index is -4.47. The lowest BCUT2D eigenvalue weighted by Crippen LogP contribution is -2.04. The standard InChI is InChI=1S/C12H10F3NO/c1-2-8-4-3-5-9(6-8)10-7-11(16-17-10)12(13,14)15/h3-7H,2H2,1H3. The molecule has 1 heterocycles. The van der Waals surface area contributed by atoms with Gasteiger partial charge in [-0.1, -0.05) is 30.3 Å². The number of hydrogen-bond donors (Lipinski definition) is 0. The highest BCUT2D eigenvalue weighted by Crippen LogP contribution is 2.31. The highest BCUT2D eigenvalue weighted by molar-refractivity contribution is 5.58. The molecule has 5 heteroatoms. The van der Waals surface area contributed by atoms with Gasteiger partial charge in [-0.05, 0) is 18.1 Å². The van der Waals surface area contributed by atoms with Gasteiger partial charge in [0.05, 0.1) is 0 Å². The molecule has 0 aliphatic rings. The van der Waals surface area contributed by atoms with Gasteiger partial charge in [-0.2, -0.15) is 13.2 Å². The van der Waals surface area contributed by atoms with Crippen molar-refractivity contribution < 1.29 is 17.7 Å². The second-order valence-electron chi connectivity index (χ2n) is 3.63. The zero-order valence-corrected chi connectivity index (χ0v) is 9.08. The Morgan fingerprint density at radius 1 is 1.24 bits per heavy atom. The van der Waals surface area contributed by atoms with Gasteiger partial charge in [0, 0.05) is 11.6 Å². The molecule has 0 fully saturated rings. The molecule has 0 radical (unpaired) electrons. The molecular formula is C12H10F3NO. The fourth-order valence-electron chi connectivity index (χ4n) is 1.49. The Bertz CT molecular complexity index is 516. The average molecular weight is 241 g/mol. The van der Waals surface area contributed by atoms with Gasteiger partial charge in [0.2, 0.25) is 0 Å². The van der Waals surface area contributed by atoms with Gasteiger partial charge in [-0.25, -0.2) is 0 Å². The van der Waals surface area contributed by atoms with E-state index in [0.29, 0.717) is 5.56 Å². The number of halogens is 3. The van der Waals surface area contributed by atoms with Crippen LogP contribution in [-0.4, -0.2) is 5.16 Å². The van der Waals surface area contributed by atoms with Crippen LogP contribution in [0.2, 0.25) is 0 Å². The maximum atomic E-state index is 12.3. The van der Waals surface area contributed by atoms with E-state index in [0.717, 1.165) is 18.1 Å². The molecule has 0 saturated heterocycles. The number of benzene rings is 1. The van der Waals surface area contributed by atoms with E-state index in [1.165, 1.54) is 0 Å². The third-order valence-electron chi connectivity index (χ3n) is 2.42. The minimum Gasteiger partial charge on any atom is -0.356 e. The minimum absolute atomic E-state index is 0.132. The number of rotatable bonds is 2. The number of hydrogen-bond acceptors (Lipinski definition) is 2. The summed E-state index contributed by atoms with van der Waals surface area (Å²) in [6.45, 7) is 1.97. The third-order valence-corrected chi connectivity index (χ3v) is 2.42. The molecule has 0 unspecified atom stereocenters. The summed E-state index contributed by atoms with van der Waals surface area (Å²) in [5.41, 5.74) is 0.634. The predicted octanol–water partition coefficient (Wildman–Crippen LogP) is 3.92. The largest absolute Gasteiger partial charge is 0.436 e. The Hall–Kier alpha value is -1.78. The van der Waals surface area contributed by atoms with Crippen molar-refractivity contribution in [2.75, 3.05) is 0 Å². The Labute approximate surface area is 96.0 Å². The van der Waals surface area contributed by atoms with E-state index in [-0.39, 0.29) is 5.76 Å². The maximum Gasteiger partial charge on any atom is 0.436 e. The van der Waals surface area contributed by atoms with Gasteiger partial charge in [-0.15, -0.1) is 0 Å². The van der Waals surface area contributed by atoms with Crippen LogP contribution >= 0.6 is 0 Å². The lowest BCUT2D eigenvalue weighted by Gasteiger charge is -1.99. The first-order valence-corrected chi connectivity index (χ1v) is 5.14. The zero-order chi connectivity index (χ0) is 12.5. The fraction of sp³-hybridized carbons (Fsp3) is 0.250. The van der Waals surface area contributed by atoms with Crippen molar-refractivity contribution in [3.8, 4) is 11.3 Å². The second kappa shape index (κ2) is 4.24. The summed E-state index contributed by atoms with van der Waals surface area (Å²) in [5, 5.41) is 3.02. The summed E-state index contributed by atoms with van der Waals surface area (Å²) in [5.74, 6) is 0.132. The molecule has 90 valence electrons. The fourth-order valence-corrected chi connectivity index (χ4v) is 1.49. The maximum absolute atomic E-state index is 12.3. The first-order chi connectivity index (χ1) is 8.00. The second-order valence-corrected chi connectivity index (χ2v) is 3.63. The molecule has 0 amide bonds. The monoisotopic (exact) mass is 241 g/mol. The van der Waals surface area contributed by atoms with Crippen LogP contribution in [0.5, 0.6) is 0 Å². The number of aromatic nitrogens is 1. The highest BCUT2D eigenvalue weighted by atomic mass is 19.4. The summed E-state index contributed by atoms with van der Waals surface area (Å²) < 4.78 is 41.7. The smallest absolute Gasteiger partial charge is 0.356 e. The molecule has 0 N–H and O–H groups in total. The normalized spacial score (nSPS) is 11.8. The van der Waals surface area contributed by atoms with E-state index in [1.807, 2.05) is 13.0 Å². The predicted molar refractivity (Wildman–Crippen MR) is 56.3 cm³/mol. The molecule has 0 spiro atoms. The van der Waals surface area contributed by atoms with E-state index >= 15 is 0 Å². The van der Waals surface area contributed by atoms with Crippen LogP contribution in [-0.2, 0) is 12.6 Å². The van der Waals surface area contributed by atoms with E-state index in [1.54, 1.807) is 18.2 Å². The molecule has 17 heavy (non-hydrogen) atoms. The Morgan fingerprint density at radius 3 is 2.59 bits per heavy atom. The van der Waals surface area contributed by atoms with Crippen LogP contribution < -0.4 is 0 Å². The van der Waals surface area contributed by atoms with Gasteiger partial charge >= 0.3 is 6.18 Å². The molecule has 2 rings (SSSR count). The lowest BCUT2D eigenvalue weighted by molar-refractivity contribution is -0.142. The van der Waals surface area contributed by atoms with E-state index in [4.69, 9.17) is 4.52 Å². The van der Waals surface area contributed by atoms with Crippen molar-refractivity contribution in [2.45, 2.75) is 19.5 Å². The van der Waals surface area contributed by atoms with E-state index in [2.05, 4.69) is 5.16 Å². The van der Waals surface area contributed by atoms with Crippen LogP contribution in [0.1, 0.15) is 18.2 Å². The van der Waals surface area contributed by atoms with Crippen LogP contribution in [0.25, 0.3) is 11.3 Å². The topological polar surface area (TPSA) is 26.0 Å². The van der Waals surface area contributed by atoms with Gasteiger partial charge in [0.1, 0.15) is 0 Å². The summed E-state index contributed by atoms with van der Waals surface area (Å²) in [6, 6.07) is 8.09. The molecule has 0 atom stereocenters. The van der Waals surface area contributed by atoms with Crippen molar-refractivity contribution in [1.29, 1.82) is 0 Å². The molecule has 0 aliphatic carbocycles. The highest BCUT2D eigenvalue weighted by Gasteiger charge is 2.35. The summed E-state index contributed by atoms with van der Waals surface area (Å²) in [7, 11) is 0. The van der Waals surface area contributed by atoms with Crippen molar-refractivity contribution in [2.24, 2.45) is 0 Å².